The van der Waals surface area contributed by atoms with Crippen LogP contribution in [-0.2, 0) is 21.4 Å². The van der Waals surface area contributed by atoms with Gasteiger partial charge >= 0.3 is 0 Å². The van der Waals surface area contributed by atoms with Gasteiger partial charge in [-0.3, -0.25) is 0 Å². The predicted molar refractivity (Wildman–Crippen MR) is 76.7 cm³/mol. The molecule has 108 valence electrons. The number of halogens is 1. The molecular formula is C11H16BrNO4S2. The van der Waals surface area contributed by atoms with E-state index in [1.54, 1.807) is 7.11 Å². The molecule has 1 atom stereocenters. The zero-order valence-corrected chi connectivity index (χ0v) is 13.7. The fourth-order valence-electron chi connectivity index (χ4n) is 2.18. The summed E-state index contributed by atoms with van der Waals surface area (Å²) in [4.78, 5) is 0.887. The Morgan fingerprint density at radius 3 is 2.95 bits per heavy atom. The van der Waals surface area contributed by atoms with Crippen LogP contribution in [-0.4, -0.2) is 44.6 Å². The zero-order chi connectivity index (χ0) is 14.0. The minimum absolute atomic E-state index is 0.148. The molecule has 1 unspecified atom stereocenters. The van der Waals surface area contributed by atoms with Crippen molar-refractivity contribution >= 4 is 37.3 Å². The molecule has 0 aromatic carbocycles. The van der Waals surface area contributed by atoms with Crippen LogP contribution >= 0.6 is 27.3 Å². The first-order chi connectivity index (χ1) is 8.98. The van der Waals surface area contributed by atoms with Gasteiger partial charge in [0, 0.05) is 25.1 Å². The van der Waals surface area contributed by atoms with Crippen molar-refractivity contribution in [2.24, 2.45) is 5.92 Å². The molecule has 1 saturated heterocycles. The van der Waals surface area contributed by atoms with Gasteiger partial charge in [-0.15, -0.1) is 11.3 Å². The Kier molecular flexibility index (Phi) is 5.02. The van der Waals surface area contributed by atoms with Gasteiger partial charge in [-0.1, -0.05) is 0 Å². The Hall–Kier alpha value is 0.01000. The van der Waals surface area contributed by atoms with Crippen LogP contribution < -0.4 is 0 Å². The molecule has 2 rings (SSSR count). The van der Waals surface area contributed by atoms with Gasteiger partial charge in [-0.2, -0.15) is 4.31 Å². The highest BCUT2D eigenvalue weighted by atomic mass is 79.9. The molecule has 1 aromatic rings. The lowest BCUT2D eigenvalue weighted by Crippen LogP contribution is -2.29. The zero-order valence-electron chi connectivity index (χ0n) is 10.5. The number of ether oxygens (including phenoxy) is 1. The first-order valence-electron chi connectivity index (χ1n) is 5.87. The Balaban J connectivity index is 2.21. The topological polar surface area (TPSA) is 66.8 Å². The van der Waals surface area contributed by atoms with Crippen molar-refractivity contribution < 1.29 is 18.3 Å². The number of hydrogen-bond acceptors (Lipinski definition) is 5. The number of aliphatic hydroxyl groups is 1. The molecular weight excluding hydrogens is 354 g/mol. The van der Waals surface area contributed by atoms with E-state index >= 15 is 0 Å². The molecule has 0 radical (unpaired) electrons. The second kappa shape index (κ2) is 6.19. The van der Waals surface area contributed by atoms with Crippen molar-refractivity contribution in [2.75, 3.05) is 26.8 Å². The van der Waals surface area contributed by atoms with Crippen molar-refractivity contribution in [3.05, 3.63) is 14.7 Å². The summed E-state index contributed by atoms with van der Waals surface area (Å²) < 4.78 is 32.1. The monoisotopic (exact) mass is 369 g/mol. The van der Waals surface area contributed by atoms with E-state index in [0.29, 0.717) is 28.4 Å². The maximum absolute atomic E-state index is 12.5. The van der Waals surface area contributed by atoms with Gasteiger partial charge in [0.1, 0.15) is 4.90 Å². The third-order valence-electron chi connectivity index (χ3n) is 3.13. The largest absolute Gasteiger partial charge is 0.391 e. The van der Waals surface area contributed by atoms with Crippen molar-refractivity contribution in [1.29, 1.82) is 0 Å². The third kappa shape index (κ3) is 3.20. The molecule has 1 fully saturated rings. The summed E-state index contributed by atoms with van der Waals surface area (Å²) in [5, 5.41) is 9.08. The van der Waals surface area contributed by atoms with Gasteiger partial charge in [0.05, 0.1) is 17.0 Å². The van der Waals surface area contributed by atoms with Gasteiger partial charge < -0.3 is 9.84 Å². The predicted octanol–water partition coefficient (Wildman–Crippen LogP) is 1.66. The van der Waals surface area contributed by atoms with Crippen LogP contribution in [0.3, 0.4) is 0 Å². The normalized spacial score (nSPS) is 21.1. The summed E-state index contributed by atoms with van der Waals surface area (Å²) in [5.41, 5.74) is 0. The van der Waals surface area contributed by atoms with Crippen LogP contribution in [0.4, 0.5) is 0 Å². The van der Waals surface area contributed by atoms with E-state index in [1.807, 2.05) is 0 Å². The van der Waals surface area contributed by atoms with Crippen molar-refractivity contribution in [2.45, 2.75) is 17.9 Å². The number of nitrogens with zero attached hydrogens (tertiary/aromatic N) is 1. The maximum atomic E-state index is 12.5. The Morgan fingerprint density at radius 1 is 1.63 bits per heavy atom. The number of hydrogen-bond donors (Lipinski definition) is 1. The van der Waals surface area contributed by atoms with Crippen molar-refractivity contribution in [3.63, 3.8) is 0 Å². The molecule has 1 aromatic heterocycles. The lowest BCUT2D eigenvalue weighted by atomic mass is 10.1. The fraction of sp³-hybridized carbons (Fsp3) is 0.636. The van der Waals surface area contributed by atoms with Crippen LogP contribution in [0.5, 0.6) is 0 Å². The SMILES string of the molecule is COCC1CCN(S(=O)(=O)c2cc(CO)sc2Br)C1. The van der Waals surface area contributed by atoms with Gasteiger partial charge in [-0.25, -0.2) is 8.42 Å². The van der Waals surface area contributed by atoms with Crippen molar-refractivity contribution in [1.82, 2.24) is 4.31 Å². The maximum Gasteiger partial charge on any atom is 0.245 e. The highest BCUT2D eigenvalue weighted by molar-refractivity contribution is 9.11. The molecule has 0 bridgehead atoms. The number of sulfonamides is 1. The molecule has 0 aliphatic carbocycles. The molecule has 1 aliphatic heterocycles. The molecule has 0 amide bonds. The summed E-state index contributed by atoms with van der Waals surface area (Å²) in [6, 6.07) is 1.54. The van der Waals surface area contributed by atoms with E-state index < -0.39 is 10.0 Å². The van der Waals surface area contributed by atoms with E-state index in [4.69, 9.17) is 9.84 Å². The number of rotatable bonds is 5. The molecule has 0 spiro atoms. The van der Waals surface area contributed by atoms with Gasteiger partial charge in [0.15, 0.2) is 0 Å². The molecule has 1 N–H and O–H groups in total. The average Bonchev–Trinajstić information content (AvgIpc) is 2.96. The number of thiophene rings is 1. The van der Waals surface area contributed by atoms with Crippen LogP contribution in [0.25, 0.3) is 0 Å². The van der Waals surface area contributed by atoms with Gasteiger partial charge in [0.2, 0.25) is 10.0 Å². The Labute approximate surface area is 125 Å². The first-order valence-corrected chi connectivity index (χ1v) is 8.92. The standard InChI is InChI=1S/C11H16BrNO4S2/c1-17-7-8-2-3-13(5-8)19(15,16)10-4-9(6-14)18-11(10)12/h4,8,14H,2-3,5-7H2,1H3. The smallest absolute Gasteiger partial charge is 0.245 e. The molecule has 8 heteroatoms. The lowest BCUT2D eigenvalue weighted by Gasteiger charge is -2.16. The number of aliphatic hydroxyl groups excluding tert-OH is 1. The Morgan fingerprint density at radius 2 is 2.37 bits per heavy atom. The molecule has 19 heavy (non-hydrogen) atoms. The fourth-order valence-corrected chi connectivity index (χ4v) is 6.20. The van der Waals surface area contributed by atoms with Crippen LogP contribution in [0.2, 0.25) is 0 Å². The summed E-state index contributed by atoms with van der Waals surface area (Å²) >= 11 is 4.51. The summed E-state index contributed by atoms with van der Waals surface area (Å²) in [7, 11) is -1.85. The molecule has 0 saturated carbocycles. The second-order valence-electron chi connectivity index (χ2n) is 4.48. The third-order valence-corrected chi connectivity index (χ3v) is 7.23. The van der Waals surface area contributed by atoms with Gasteiger partial charge in [0.25, 0.3) is 0 Å². The van der Waals surface area contributed by atoms with E-state index in [2.05, 4.69) is 15.9 Å². The summed E-state index contributed by atoms with van der Waals surface area (Å²) in [5.74, 6) is 0.259. The highest BCUT2D eigenvalue weighted by Gasteiger charge is 2.34. The van der Waals surface area contributed by atoms with Gasteiger partial charge in [-0.05, 0) is 34.3 Å². The quantitative estimate of drug-likeness (QED) is 0.856. The van der Waals surface area contributed by atoms with E-state index in [0.717, 1.165) is 6.42 Å². The highest BCUT2D eigenvalue weighted by Crippen LogP contribution is 2.35. The van der Waals surface area contributed by atoms with Crippen LogP contribution in [0, 0.1) is 5.92 Å². The second-order valence-corrected chi connectivity index (χ2v) is 8.84. The van der Waals surface area contributed by atoms with Crippen molar-refractivity contribution in [3.8, 4) is 0 Å². The minimum atomic E-state index is -3.48. The summed E-state index contributed by atoms with van der Waals surface area (Å²) in [6.07, 6.45) is 0.821. The average molecular weight is 370 g/mol. The van der Waals surface area contributed by atoms with E-state index in [1.165, 1.54) is 21.7 Å². The van der Waals surface area contributed by atoms with E-state index in [9.17, 15) is 8.42 Å². The first kappa shape index (κ1) is 15.4. The Bertz CT molecular complexity index is 543. The van der Waals surface area contributed by atoms with Crippen LogP contribution in [0.1, 0.15) is 11.3 Å². The molecule has 1 aliphatic rings. The lowest BCUT2D eigenvalue weighted by molar-refractivity contribution is 0.157. The number of methoxy groups -OCH3 is 1. The summed E-state index contributed by atoms with van der Waals surface area (Å²) in [6.45, 7) is 1.45. The van der Waals surface area contributed by atoms with Crippen LogP contribution in [0.15, 0.2) is 14.7 Å². The molecule has 5 nitrogen and oxygen atoms in total. The minimum Gasteiger partial charge on any atom is -0.391 e. The molecule has 2 heterocycles. The van der Waals surface area contributed by atoms with E-state index in [-0.39, 0.29) is 17.4 Å².